The maximum absolute atomic E-state index is 14.5. The highest BCUT2D eigenvalue weighted by Crippen LogP contribution is 2.46. The fraction of sp³-hybridized carbons (Fsp3) is 0.400. The summed E-state index contributed by atoms with van der Waals surface area (Å²) < 4.78 is 16.6. The standard InChI is InChI=1S/C30H32FN5O3/c1-17-6-9-20(14-23(17)29(38)33-26-10-11-27(37)34-30(26)39)32-15-18-12-21(13-18)36-16-24(28(35-36)19-7-8-19)22-4-2-3-5-25(22)31/h2-6,9,14,16,18-19,21,26,32H,7-8,10-13,15H2,1H3,(H,33,38)(H,34,37,39)/t18-,21-,26?. The summed E-state index contributed by atoms with van der Waals surface area (Å²) in [7, 11) is 0. The molecular weight excluding hydrogens is 497 g/mol. The number of hydrogen-bond donors (Lipinski definition) is 3. The maximum Gasteiger partial charge on any atom is 0.252 e. The highest BCUT2D eigenvalue weighted by atomic mass is 19.1. The quantitative estimate of drug-likeness (QED) is 0.374. The Labute approximate surface area is 226 Å². The van der Waals surface area contributed by atoms with Crippen LogP contribution in [0, 0.1) is 18.7 Å². The van der Waals surface area contributed by atoms with E-state index in [0.29, 0.717) is 35.4 Å². The van der Waals surface area contributed by atoms with Crippen molar-refractivity contribution < 1.29 is 18.8 Å². The molecule has 0 bridgehead atoms. The molecule has 2 aromatic carbocycles. The molecule has 3 aliphatic rings. The topological polar surface area (TPSA) is 105 Å². The van der Waals surface area contributed by atoms with Crippen LogP contribution in [0.2, 0.25) is 0 Å². The minimum absolute atomic E-state index is 0.210. The second-order valence-corrected chi connectivity index (χ2v) is 11.0. The number of halogens is 1. The molecule has 9 heteroatoms. The Morgan fingerprint density at radius 3 is 2.64 bits per heavy atom. The summed E-state index contributed by atoms with van der Waals surface area (Å²) in [6.45, 7) is 2.62. The van der Waals surface area contributed by atoms with Gasteiger partial charge in [0.1, 0.15) is 11.9 Å². The maximum atomic E-state index is 14.5. The van der Waals surface area contributed by atoms with Crippen molar-refractivity contribution in [1.29, 1.82) is 0 Å². The van der Waals surface area contributed by atoms with Gasteiger partial charge in [0.2, 0.25) is 11.8 Å². The van der Waals surface area contributed by atoms with Crippen molar-refractivity contribution in [2.75, 3.05) is 11.9 Å². The molecule has 3 N–H and O–H groups in total. The van der Waals surface area contributed by atoms with Crippen LogP contribution in [-0.4, -0.2) is 40.1 Å². The number of benzene rings is 2. The number of carbonyl (C=O) groups is 3. The highest BCUT2D eigenvalue weighted by molar-refractivity contribution is 6.04. The third-order valence-corrected chi connectivity index (χ3v) is 8.10. The molecule has 2 saturated carbocycles. The van der Waals surface area contributed by atoms with Crippen LogP contribution >= 0.6 is 0 Å². The molecule has 2 aliphatic carbocycles. The van der Waals surface area contributed by atoms with E-state index in [9.17, 15) is 18.8 Å². The molecule has 0 spiro atoms. The average molecular weight is 530 g/mol. The van der Waals surface area contributed by atoms with Gasteiger partial charge in [-0.2, -0.15) is 5.10 Å². The number of piperidine rings is 1. The molecule has 6 rings (SSSR count). The predicted octanol–water partition coefficient (Wildman–Crippen LogP) is 4.47. The van der Waals surface area contributed by atoms with E-state index < -0.39 is 11.9 Å². The van der Waals surface area contributed by atoms with Crippen LogP contribution in [0.5, 0.6) is 0 Å². The van der Waals surface area contributed by atoms with Crippen LogP contribution in [0.25, 0.3) is 11.1 Å². The number of imide groups is 1. The second-order valence-electron chi connectivity index (χ2n) is 11.0. The van der Waals surface area contributed by atoms with Crippen LogP contribution in [0.15, 0.2) is 48.7 Å². The number of anilines is 1. The van der Waals surface area contributed by atoms with Gasteiger partial charge in [0, 0.05) is 47.5 Å². The molecule has 3 amide bonds. The van der Waals surface area contributed by atoms with Crippen molar-refractivity contribution in [2.24, 2.45) is 5.92 Å². The largest absolute Gasteiger partial charge is 0.385 e. The predicted molar refractivity (Wildman–Crippen MR) is 145 cm³/mol. The molecule has 8 nitrogen and oxygen atoms in total. The Morgan fingerprint density at radius 2 is 1.90 bits per heavy atom. The number of carbonyl (C=O) groups excluding carboxylic acids is 3. The van der Waals surface area contributed by atoms with E-state index in [2.05, 4.69) is 16.0 Å². The van der Waals surface area contributed by atoms with Crippen molar-refractivity contribution in [3.8, 4) is 11.1 Å². The SMILES string of the molecule is Cc1ccc(NC[C@H]2C[C@H](n3cc(-c4ccccc4F)c(C4CC4)n3)C2)cc1C(=O)NC1CCC(=O)NC1=O. The third-order valence-electron chi connectivity index (χ3n) is 8.10. The number of aromatic nitrogens is 2. The number of amides is 3. The minimum atomic E-state index is -0.709. The van der Waals surface area contributed by atoms with Crippen LogP contribution in [0.4, 0.5) is 10.1 Å². The van der Waals surface area contributed by atoms with Gasteiger partial charge < -0.3 is 10.6 Å². The number of aryl methyl sites for hydroxylation is 1. The molecular formula is C30H32FN5O3. The van der Waals surface area contributed by atoms with Crippen LogP contribution < -0.4 is 16.0 Å². The number of rotatable bonds is 8. The molecule has 39 heavy (non-hydrogen) atoms. The lowest BCUT2D eigenvalue weighted by Gasteiger charge is -2.35. The van der Waals surface area contributed by atoms with E-state index in [1.165, 1.54) is 6.07 Å². The van der Waals surface area contributed by atoms with E-state index in [1.54, 1.807) is 6.07 Å². The Kier molecular flexibility index (Phi) is 6.66. The van der Waals surface area contributed by atoms with Gasteiger partial charge in [-0.05, 0) is 68.7 Å². The van der Waals surface area contributed by atoms with Crippen molar-refractivity contribution in [3.63, 3.8) is 0 Å². The summed E-state index contributed by atoms with van der Waals surface area (Å²) in [5.74, 6) is -0.423. The zero-order chi connectivity index (χ0) is 27.1. The first-order chi connectivity index (χ1) is 18.9. The molecule has 1 aromatic heterocycles. The molecule has 1 atom stereocenters. The molecule has 1 unspecified atom stereocenters. The number of nitrogens with one attached hydrogen (secondary N) is 3. The summed E-state index contributed by atoms with van der Waals surface area (Å²) in [5.41, 5.74) is 4.71. The minimum Gasteiger partial charge on any atom is -0.385 e. The summed E-state index contributed by atoms with van der Waals surface area (Å²) >= 11 is 0. The summed E-state index contributed by atoms with van der Waals surface area (Å²) in [4.78, 5) is 36.3. The van der Waals surface area contributed by atoms with Gasteiger partial charge in [-0.25, -0.2) is 4.39 Å². The first-order valence-electron chi connectivity index (χ1n) is 13.7. The first kappa shape index (κ1) is 25.3. The van der Waals surface area contributed by atoms with E-state index >= 15 is 0 Å². The summed E-state index contributed by atoms with van der Waals surface area (Å²) in [5, 5.41) is 13.4. The van der Waals surface area contributed by atoms with Crippen molar-refractivity contribution in [2.45, 2.75) is 63.5 Å². The monoisotopic (exact) mass is 529 g/mol. The zero-order valence-electron chi connectivity index (χ0n) is 21.9. The van der Waals surface area contributed by atoms with Crippen molar-refractivity contribution in [3.05, 3.63) is 71.3 Å². The van der Waals surface area contributed by atoms with E-state index in [-0.39, 0.29) is 24.1 Å². The lowest BCUT2D eigenvalue weighted by molar-refractivity contribution is -0.134. The third kappa shape index (κ3) is 5.30. The lowest BCUT2D eigenvalue weighted by Crippen LogP contribution is -2.52. The van der Waals surface area contributed by atoms with Gasteiger partial charge >= 0.3 is 0 Å². The van der Waals surface area contributed by atoms with E-state index in [4.69, 9.17) is 5.10 Å². The normalized spacial score (nSPS) is 22.7. The van der Waals surface area contributed by atoms with Crippen LogP contribution in [-0.2, 0) is 9.59 Å². The highest BCUT2D eigenvalue weighted by Gasteiger charge is 2.35. The van der Waals surface area contributed by atoms with Gasteiger partial charge in [-0.1, -0.05) is 24.3 Å². The van der Waals surface area contributed by atoms with Crippen molar-refractivity contribution >= 4 is 23.4 Å². The molecule has 3 aromatic rings. The Balaban J connectivity index is 1.06. The Hall–Kier alpha value is -4.01. The molecule has 1 aliphatic heterocycles. The van der Waals surface area contributed by atoms with E-state index in [0.717, 1.165) is 54.7 Å². The Bertz CT molecular complexity index is 1440. The molecule has 202 valence electrons. The van der Waals surface area contributed by atoms with E-state index in [1.807, 2.05) is 48.1 Å². The molecule has 2 heterocycles. The van der Waals surface area contributed by atoms with Crippen LogP contribution in [0.3, 0.4) is 0 Å². The van der Waals surface area contributed by atoms with Crippen LogP contribution in [0.1, 0.15) is 72.1 Å². The van der Waals surface area contributed by atoms with Crippen molar-refractivity contribution in [1.82, 2.24) is 20.4 Å². The first-order valence-corrected chi connectivity index (χ1v) is 13.7. The fourth-order valence-electron chi connectivity index (χ4n) is 5.53. The smallest absolute Gasteiger partial charge is 0.252 e. The molecule has 0 radical (unpaired) electrons. The summed E-state index contributed by atoms with van der Waals surface area (Å²) in [6.07, 6.45) is 6.71. The van der Waals surface area contributed by atoms with Gasteiger partial charge in [-0.15, -0.1) is 0 Å². The average Bonchev–Trinajstić information content (AvgIpc) is 3.65. The summed E-state index contributed by atoms with van der Waals surface area (Å²) in [6, 6.07) is 12.1. The molecule has 3 fully saturated rings. The molecule has 1 saturated heterocycles. The fourth-order valence-corrected chi connectivity index (χ4v) is 5.53. The van der Waals surface area contributed by atoms with Gasteiger partial charge in [0.25, 0.3) is 5.91 Å². The van der Waals surface area contributed by atoms with Gasteiger partial charge in [0.05, 0.1) is 11.7 Å². The van der Waals surface area contributed by atoms with Gasteiger partial charge in [0.15, 0.2) is 0 Å². The second kappa shape index (κ2) is 10.3. The number of hydrogen-bond acceptors (Lipinski definition) is 5. The number of nitrogens with zero attached hydrogens (tertiary/aromatic N) is 2. The zero-order valence-corrected chi connectivity index (χ0v) is 21.9. The van der Waals surface area contributed by atoms with Gasteiger partial charge in [-0.3, -0.25) is 24.4 Å². The Morgan fingerprint density at radius 1 is 1.10 bits per heavy atom. The lowest BCUT2D eigenvalue weighted by atomic mass is 9.80.